The van der Waals surface area contributed by atoms with Crippen LogP contribution in [0.3, 0.4) is 0 Å². The molecule has 10 heteroatoms. The summed E-state index contributed by atoms with van der Waals surface area (Å²) in [6.45, 7) is 6.14. The van der Waals surface area contributed by atoms with Crippen molar-refractivity contribution in [1.82, 2.24) is 20.4 Å². The molecule has 0 aliphatic heterocycles. The second-order valence-electron chi connectivity index (χ2n) is 6.60. The Labute approximate surface area is 164 Å². The molecule has 0 saturated carbocycles. The first-order chi connectivity index (χ1) is 12.8. The minimum atomic E-state index is -0.210. The zero-order chi connectivity index (χ0) is 19.4. The third kappa shape index (κ3) is 5.04. The van der Waals surface area contributed by atoms with E-state index >= 15 is 0 Å². The Morgan fingerprint density at radius 2 is 2.07 bits per heavy atom. The van der Waals surface area contributed by atoms with Gasteiger partial charge in [0.15, 0.2) is 0 Å². The number of methoxy groups -OCH3 is 1. The highest BCUT2D eigenvalue weighted by molar-refractivity contribution is 7.99. The molecule has 8 nitrogen and oxygen atoms in total. The van der Waals surface area contributed by atoms with Crippen molar-refractivity contribution >= 4 is 34.1 Å². The number of carbonyl (C=O) groups is 1. The molecule has 0 unspecified atom stereocenters. The first-order valence-electron chi connectivity index (χ1n) is 8.10. The van der Waals surface area contributed by atoms with E-state index in [2.05, 4.69) is 25.7 Å². The molecule has 0 atom stereocenters. The summed E-state index contributed by atoms with van der Waals surface area (Å²) < 4.78 is 10.8. The van der Waals surface area contributed by atoms with Gasteiger partial charge in [0.25, 0.3) is 5.22 Å². The van der Waals surface area contributed by atoms with E-state index in [4.69, 9.17) is 9.15 Å². The van der Waals surface area contributed by atoms with Crippen LogP contribution in [0, 0.1) is 0 Å². The lowest BCUT2D eigenvalue weighted by Gasteiger charge is -2.12. The van der Waals surface area contributed by atoms with Gasteiger partial charge in [-0.15, -0.1) is 20.4 Å². The van der Waals surface area contributed by atoms with Crippen LogP contribution >= 0.6 is 23.1 Å². The Balaban J connectivity index is 1.56. The number of benzene rings is 1. The molecule has 3 rings (SSSR count). The molecule has 0 saturated heterocycles. The number of amides is 1. The maximum absolute atomic E-state index is 12.1. The van der Waals surface area contributed by atoms with Gasteiger partial charge in [-0.3, -0.25) is 10.1 Å². The van der Waals surface area contributed by atoms with Crippen molar-refractivity contribution in [3.63, 3.8) is 0 Å². The zero-order valence-corrected chi connectivity index (χ0v) is 17.0. The van der Waals surface area contributed by atoms with Gasteiger partial charge in [-0.25, -0.2) is 0 Å². The number of hydrogen-bond acceptors (Lipinski definition) is 9. The van der Waals surface area contributed by atoms with Crippen LogP contribution in [0.15, 0.2) is 33.9 Å². The Hall–Kier alpha value is -2.46. The predicted molar refractivity (Wildman–Crippen MR) is 104 cm³/mol. The fourth-order valence-electron chi connectivity index (χ4n) is 2.00. The van der Waals surface area contributed by atoms with Crippen LogP contribution in [-0.4, -0.2) is 39.2 Å². The summed E-state index contributed by atoms with van der Waals surface area (Å²) >= 11 is 2.53. The van der Waals surface area contributed by atoms with Crippen LogP contribution < -0.4 is 10.1 Å². The molecule has 0 bridgehead atoms. The van der Waals surface area contributed by atoms with Gasteiger partial charge in [-0.05, 0) is 18.2 Å². The molecule has 142 valence electrons. The zero-order valence-electron chi connectivity index (χ0n) is 15.3. The second kappa shape index (κ2) is 8.05. The van der Waals surface area contributed by atoms with Crippen molar-refractivity contribution in [2.75, 3.05) is 18.2 Å². The highest BCUT2D eigenvalue weighted by Gasteiger charge is 2.20. The fourth-order valence-corrected chi connectivity index (χ4v) is 3.38. The molecule has 0 spiro atoms. The van der Waals surface area contributed by atoms with Crippen molar-refractivity contribution in [1.29, 1.82) is 0 Å². The predicted octanol–water partition coefficient (Wildman–Crippen LogP) is 3.63. The van der Waals surface area contributed by atoms with Gasteiger partial charge in [-0.1, -0.05) is 49.9 Å². The lowest BCUT2D eigenvalue weighted by atomic mass is 9.98. The lowest BCUT2D eigenvalue weighted by molar-refractivity contribution is -0.113. The number of rotatable bonds is 6. The molecule has 1 amide bonds. The van der Waals surface area contributed by atoms with Gasteiger partial charge in [0, 0.05) is 11.0 Å². The van der Waals surface area contributed by atoms with Crippen LogP contribution in [-0.2, 0) is 10.2 Å². The lowest BCUT2D eigenvalue weighted by Crippen LogP contribution is -2.13. The van der Waals surface area contributed by atoms with Crippen LogP contribution in [0.2, 0.25) is 0 Å². The number of nitrogens with one attached hydrogen (secondary N) is 1. The van der Waals surface area contributed by atoms with Crippen molar-refractivity contribution in [3.8, 4) is 17.2 Å². The summed E-state index contributed by atoms with van der Waals surface area (Å²) in [5.74, 6) is 0.990. The molecule has 3 aromatic rings. The summed E-state index contributed by atoms with van der Waals surface area (Å²) in [4.78, 5) is 12.1. The molecule has 2 aromatic heterocycles. The van der Waals surface area contributed by atoms with Crippen molar-refractivity contribution < 1.29 is 13.9 Å². The number of nitrogens with zero attached hydrogens (tertiary/aromatic N) is 4. The van der Waals surface area contributed by atoms with Gasteiger partial charge in [-0.2, -0.15) is 0 Å². The summed E-state index contributed by atoms with van der Waals surface area (Å²) in [5.41, 5.74) is 0.650. The standard InChI is InChI=1S/C17H19N5O3S2/c1-17(2,3)14-20-21-15(27-14)18-12(23)9-26-16-22-19-13(25-16)10-6-5-7-11(8-10)24-4/h5-8H,9H2,1-4H3,(H,18,21,23). The van der Waals surface area contributed by atoms with Crippen LogP contribution in [0.25, 0.3) is 11.5 Å². The highest BCUT2D eigenvalue weighted by atomic mass is 32.2. The number of hydrogen-bond donors (Lipinski definition) is 1. The summed E-state index contributed by atoms with van der Waals surface area (Å²) in [5, 5.41) is 20.5. The van der Waals surface area contributed by atoms with E-state index in [1.54, 1.807) is 13.2 Å². The van der Waals surface area contributed by atoms with Gasteiger partial charge in [0.1, 0.15) is 10.8 Å². The van der Waals surface area contributed by atoms with Crippen molar-refractivity contribution in [3.05, 3.63) is 29.3 Å². The first-order valence-corrected chi connectivity index (χ1v) is 9.90. The third-order valence-corrected chi connectivity index (χ3v) is 5.45. The smallest absolute Gasteiger partial charge is 0.277 e. The van der Waals surface area contributed by atoms with Gasteiger partial charge >= 0.3 is 0 Å². The van der Waals surface area contributed by atoms with Crippen molar-refractivity contribution in [2.45, 2.75) is 31.4 Å². The van der Waals surface area contributed by atoms with E-state index in [1.807, 2.05) is 39.0 Å². The van der Waals surface area contributed by atoms with E-state index in [0.717, 1.165) is 22.3 Å². The fraction of sp³-hybridized carbons (Fsp3) is 0.353. The normalized spacial score (nSPS) is 11.4. The molecule has 0 radical (unpaired) electrons. The Bertz CT molecular complexity index is 933. The monoisotopic (exact) mass is 405 g/mol. The maximum atomic E-state index is 12.1. The number of ether oxygens (including phenoxy) is 1. The molecule has 0 fully saturated rings. The Kier molecular flexibility index (Phi) is 5.76. The number of thioether (sulfide) groups is 1. The molecule has 1 N–H and O–H groups in total. The van der Waals surface area contributed by atoms with Crippen LogP contribution in [0.4, 0.5) is 5.13 Å². The van der Waals surface area contributed by atoms with E-state index in [1.165, 1.54) is 11.3 Å². The molecule has 0 aliphatic rings. The van der Waals surface area contributed by atoms with Crippen LogP contribution in [0.5, 0.6) is 5.75 Å². The number of carbonyl (C=O) groups excluding carboxylic acids is 1. The molecule has 1 aromatic carbocycles. The van der Waals surface area contributed by atoms with Gasteiger partial charge < -0.3 is 9.15 Å². The summed E-state index contributed by atoms with van der Waals surface area (Å²) in [7, 11) is 1.59. The second-order valence-corrected chi connectivity index (χ2v) is 8.51. The molecule has 2 heterocycles. The number of anilines is 1. The quantitative estimate of drug-likeness (QED) is 0.620. The molecule has 27 heavy (non-hydrogen) atoms. The van der Waals surface area contributed by atoms with E-state index in [0.29, 0.717) is 22.0 Å². The highest BCUT2D eigenvalue weighted by Crippen LogP contribution is 2.28. The largest absolute Gasteiger partial charge is 0.497 e. The third-order valence-electron chi connectivity index (χ3n) is 3.36. The maximum Gasteiger partial charge on any atom is 0.277 e. The van der Waals surface area contributed by atoms with Crippen molar-refractivity contribution in [2.24, 2.45) is 0 Å². The molecular weight excluding hydrogens is 386 g/mol. The van der Waals surface area contributed by atoms with Crippen LogP contribution in [0.1, 0.15) is 25.8 Å². The minimum absolute atomic E-state index is 0.102. The van der Waals surface area contributed by atoms with E-state index in [-0.39, 0.29) is 17.1 Å². The van der Waals surface area contributed by atoms with Gasteiger partial charge in [0.2, 0.25) is 16.9 Å². The van der Waals surface area contributed by atoms with E-state index < -0.39 is 0 Å². The summed E-state index contributed by atoms with van der Waals surface area (Å²) in [6, 6.07) is 7.32. The average Bonchev–Trinajstić information content (AvgIpc) is 3.29. The molecule has 0 aliphatic carbocycles. The molecular formula is C17H19N5O3S2. The Morgan fingerprint density at radius 1 is 1.26 bits per heavy atom. The summed E-state index contributed by atoms with van der Waals surface area (Å²) in [6.07, 6.45) is 0. The minimum Gasteiger partial charge on any atom is -0.497 e. The van der Waals surface area contributed by atoms with Gasteiger partial charge in [0.05, 0.1) is 12.9 Å². The first kappa shape index (κ1) is 19.3. The topological polar surface area (TPSA) is 103 Å². The van der Waals surface area contributed by atoms with E-state index in [9.17, 15) is 4.79 Å². The average molecular weight is 406 g/mol. The number of aromatic nitrogens is 4. The Morgan fingerprint density at radius 3 is 2.78 bits per heavy atom. The SMILES string of the molecule is COc1cccc(-c2nnc(SCC(=O)Nc3nnc(C(C)(C)C)s3)o2)c1.